The highest BCUT2D eigenvalue weighted by molar-refractivity contribution is 7.22. The second-order valence-corrected chi connectivity index (χ2v) is 17.7. The zero-order valence-electron chi connectivity index (χ0n) is 30.0. The Morgan fingerprint density at radius 2 is 1.81 bits per heavy atom. The molecule has 4 fully saturated rings. The lowest BCUT2D eigenvalue weighted by molar-refractivity contribution is -0.239. The van der Waals surface area contributed by atoms with Gasteiger partial charge in [-0.1, -0.05) is 37.3 Å². The molecule has 0 saturated heterocycles. The van der Waals surface area contributed by atoms with E-state index >= 15 is 0 Å². The van der Waals surface area contributed by atoms with Gasteiger partial charge in [0.15, 0.2) is 16.5 Å². The SMILES string of the molecule is COC12CC3(C)CC(C)(CC(Cn4ncc(-c5ccc(-c6ccc7c(c6)N(C(=O)Nc6nc8ncccc8s6)CCC7)nc5C(=O)O)c4C)(C3)C1)C2. The molecule has 2 unspecified atom stereocenters. The summed E-state index contributed by atoms with van der Waals surface area (Å²) < 4.78 is 9.28. The van der Waals surface area contributed by atoms with E-state index < -0.39 is 5.97 Å². The van der Waals surface area contributed by atoms with E-state index in [1.807, 2.05) is 56.5 Å². The third-order valence-corrected chi connectivity index (χ3v) is 13.1. The summed E-state index contributed by atoms with van der Waals surface area (Å²) in [6, 6.07) is 13.1. The van der Waals surface area contributed by atoms with E-state index in [0.717, 1.165) is 84.3 Å². The number of carboxylic acid groups (broad SMARTS) is 1. The number of pyridine rings is 2. The molecule has 4 saturated carbocycles. The summed E-state index contributed by atoms with van der Waals surface area (Å²) in [6.45, 7) is 8.25. The number of hydrogen-bond acceptors (Lipinski definition) is 8. The number of urea groups is 1. The van der Waals surface area contributed by atoms with E-state index in [-0.39, 0.29) is 33.6 Å². The average molecular weight is 718 g/mol. The first-order valence-corrected chi connectivity index (χ1v) is 18.9. The molecule has 1 aromatic carbocycles. The lowest BCUT2D eigenvalue weighted by atomic mass is 9.39. The Morgan fingerprint density at radius 3 is 2.56 bits per heavy atom. The van der Waals surface area contributed by atoms with Gasteiger partial charge in [0.1, 0.15) is 0 Å². The maximum Gasteiger partial charge on any atom is 0.355 e. The minimum Gasteiger partial charge on any atom is -0.476 e. The molecule has 2 N–H and O–H groups in total. The molecule has 10 rings (SSSR count). The van der Waals surface area contributed by atoms with Crippen LogP contribution in [0.1, 0.15) is 80.5 Å². The van der Waals surface area contributed by atoms with Crippen LogP contribution in [0.25, 0.3) is 32.7 Å². The second-order valence-electron chi connectivity index (χ2n) is 16.6. The molecule has 11 nitrogen and oxygen atoms in total. The Balaban J connectivity index is 0.999. The maximum atomic E-state index is 13.6. The minimum atomic E-state index is -1.10. The largest absolute Gasteiger partial charge is 0.476 e. The summed E-state index contributed by atoms with van der Waals surface area (Å²) in [4.78, 5) is 41.5. The highest BCUT2D eigenvalue weighted by Gasteiger charge is 2.66. The number of aromatic carboxylic acids is 1. The molecule has 268 valence electrons. The Hall–Kier alpha value is -4.68. The summed E-state index contributed by atoms with van der Waals surface area (Å²) in [5.74, 6) is -1.10. The molecule has 2 atom stereocenters. The van der Waals surface area contributed by atoms with E-state index in [1.54, 1.807) is 17.3 Å². The number of amides is 2. The molecule has 12 heteroatoms. The van der Waals surface area contributed by atoms with Gasteiger partial charge in [0, 0.05) is 54.5 Å². The molecule has 5 heterocycles. The maximum absolute atomic E-state index is 13.6. The van der Waals surface area contributed by atoms with Crippen molar-refractivity contribution < 1.29 is 19.4 Å². The van der Waals surface area contributed by atoms with Gasteiger partial charge in [-0.3, -0.25) is 14.9 Å². The van der Waals surface area contributed by atoms with Crippen LogP contribution in [-0.4, -0.2) is 61.1 Å². The predicted octanol–water partition coefficient (Wildman–Crippen LogP) is 8.37. The van der Waals surface area contributed by atoms with Gasteiger partial charge in [-0.05, 0) is 110 Å². The first-order valence-electron chi connectivity index (χ1n) is 18.1. The van der Waals surface area contributed by atoms with Crippen molar-refractivity contribution in [1.29, 1.82) is 0 Å². The number of hydrogen-bond donors (Lipinski definition) is 2. The van der Waals surface area contributed by atoms with Crippen molar-refractivity contribution in [1.82, 2.24) is 24.7 Å². The molecule has 5 aliphatic rings. The van der Waals surface area contributed by atoms with Crippen molar-refractivity contribution >= 4 is 44.5 Å². The molecule has 0 spiro atoms. The molecule has 0 radical (unpaired) electrons. The monoisotopic (exact) mass is 717 g/mol. The van der Waals surface area contributed by atoms with Crippen LogP contribution in [0, 0.1) is 23.2 Å². The third-order valence-electron chi connectivity index (χ3n) is 12.2. The van der Waals surface area contributed by atoms with Gasteiger partial charge >= 0.3 is 12.0 Å². The van der Waals surface area contributed by atoms with Crippen LogP contribution in [0.3, 0.4) is 0 Å². The van der Waals surface area contributed by atoms with E-state index in [0.29, 0.717) is 28.6 Å². The number of thiazole rings is 1. The summed E-state index contributed by atoms with van der Waals surface area (Å²) in [6.07, 6.45) is 12.0. The summed E-state index contributed by atoms with van der Waals surface area (Å²) >= 11 is 1.38. The predicted molar refractivity (Wildman–Crippen MR) is 201 cm³/mol. The van der Waals surface area contributed by atoms with Crippen molar-refractivity contribution in [2.45, 2.75) is 84.3 Å². The number of nitrogens with one attached hydrogen (secondary N) is 1. The van der Waals surface area contributed by atoms with Gasteiger partial charge in [-0.15, -0.1) is 0 Å². The number of carbonyl (C=O) groups excluding carboxylic acids is 1. The van der Waals surface area contributed by atoms with Crippen LogP contribution in [0.4, 0.5) is 15.6 Å². The van der Waals surface area contributed by atoms with E-state index in [1.165, 1.54) is 17.8 Å². The zero-order valence-corrected chi connectivity index (χ0v) is 30.8. The number of anilines is 2. The van der Waals surface area contributed by atoms with Gasteiger partial charge < -0.3 is 9.84 Å². The summed E-state index contributed by atoms with van der Waals surface area (Å²) in [5.41, 5.74) is 6.44. The van der Waals surface area contributed by atoms with Crippen LogP contribution >= 0.6 is 11.3 Å². The van der Waals surface area contributed by atoms with Crippen molar-refractivity contribution in [3.05, 3.63) is 71.8 Å². The molecule has 2 amide bonds. The van der Waals surface area contributed by atoms with Gasteiger partial charge in [-0.2, -0.15) is 10.1 Å². The molecule has 1 aliphatic heterocycles. The van der Waals surface area contributed by atoms with Gasteiger partial charge in [0.2, 0.25) is 0 Å². The number of rotatable bonds is 7. The first-order chi connectivity index (χ1) is 24.9. The Morgan fingerprint density at radius 1 is 1.00 bits per heavy atom. The highest BCUT2D eigenvalue weighted by Crippen LogP contribution is 2.72. The fourth-order valence-corrected chi connectivity index (χ4v) is 12.1. The fraction of sp³-hybridized carbons (Fsp3) is 0.450. The first kappa shape index (κ1) is 33.2. The van der Waals surface area contributed by atoms with E-state index in [4.69, 9.17) is 14.8 Å². The lowest BCUT2D eigenvalue weighted by Gasteiger charge is -2.69. The Bertz CT molecular complexity index is 2230. The molecule has 4 bridgehead atoms. The molecular weight excluding hydrogens is 675 g/mol. The van der Waals surface area contributed by atoms with Crippen LogP contribution < -0.4 is 10.2 Å². The van der Waals surface area contributed by atoms with Crippen LogP contribution in [0.5, 0.6) is 0 Å². The number of aryl methyl sites for hydroxylation is 1. The lowest BCUT2D eigenvalue weighted by Crippen LogP contribution is -2.64. The van der Waals surface area contributed by atoms with Crippen LogP contribution in [0.15, 0.2) is 54.9 Å². The molecule has 4 aliphatic carbocycles. The number of benzene rings is 1. The summed E-state index contributed by atoms with van der Waals surface area (Å²) in [5, 5.41) is 18.8. The number of nitrogens with zero attached hydrogens (tertiary/aromatic N) is 6. The quantitative estimate of drug-likeness (QED) is 0.172. The van der Waals surface area contributed by atoms with Crippen LogP contribution in [-0.2, 0) is 17.7 Å². The minimum absolute atomic E-state index is 0.0231. The number of aromatic nitrogens is 5. The fourth-order valence-electron chi connectivity index (χ4n) is 11.3. The zero-order chi connectivity index (χ0) is 36.0. The standard InChI is InChI=1S/C40H43N7O4S/c1-24-28(16-42-47(24)23-39-18-37(2)17-38(3,19-39)21-40(20-37,22-39)51-4)27-11-12-29(43-32(27)34(48)49)26-10-9-25-7-6-14-46(30(25)15-26)36(50)45-35-44-33-31(52-35)8-5-13-41-33/h5,8-13,15-16H,6-7,14,17-23H2,1-4H3,(H,48,49)(H,41,44,45,50). The normalized spacial score (nSPS) is 27.6. The van der Waals surface area contributed by atoms with E-state index in [2.05, 4.69) is 33.8 Å². The van der Waals surface area contributed by atoms with Crippen LogP contribution in [0.2, 0.25) is 0 Å². The second kappa shape index (κ2) is 11.7. The topological polar surface area (TPSA) is 135 Å². The molecule has 4 aromatic heterocycles. The number of fused-ring (bicyclic) bond motifs is 2. The van der Waals surface area contributed by atoms with Gasteiger partial charge in [0.05, 0.1) is 22.2 Å². The third kappa shape index (κ3) is 5.49. The van der Waals surface area contributed by atoms with Crippen molar-refractivity contribution in [3.63, 3.8) is 0 Å². The van der Waals surface area contributed by atoms with Gasteiger partial charge in [-0.25, -0.2) is 19.6 Å². The number of methoxy groups -OCH3 is 1. The molecular formula is C40H43N7O4S. The number of carboxylic acids is 1. The van der Waals surface area contributed by atoms with Crippen molar-refractivity contribution in [3.8, 4) is 22.4 Å². The number of carbonyl (C=O) groups is 2. The Labute approximate surface area is 306 Å². The Kier molecular flexibility index (Phi) is 7.44. The van der Waals surface area contributed by atoms with Crippen molar-refractivity contribution in [2.24, 2.45) is 16.2 Å². The van der Waals surface area contributed by atoms with Gasteiger partial charge in [0.25, 0.3) is 0 Å². The average Bonchev–Trinajstić information content (AvgIpc) is 3.67. The molecule has 5 aromatic rings. The van der Waals surface area contributed by atoms with Crippen molar-refractivity contribution in [2.75, 3.05) is 23.9 Å². The number of ether oxygens (including phenoxy) is 1. The highest BCUT2D eigenvalue weighted by atomic mass is 32.1. The molecule has 52 heavy (non-hydrogen) atoms. The van der Waals surface area contributed by atoms with E-state index in [9.17, 15) is 14.7 Å². The summed E-state index contributed by atoms with van der Waals surface area (Å²) in [7, 11) is 1.88. The smallest absolute Gasteiger partial charge is 0.355 e.